The molecule has 20 heavy (non-hydrogen) atoms. The molecule has 0 spiro atoms. The largest absolute Gasteiger partial charge is 0.312 e. The van der Waals surface area contributed by atoms with Gasteiger partial charge in [-0.25, -0.2) is 0 Å². The van der Waals surface area contributed by atoms with Crippen LogP contribution in [0, 0.1) is 0 Å². The molecule has 0 bridgehead atoms. The molecule has 3 nitrogen and oxygen atoms in total. The van der Waals surface area contributed by atoms with Crippen molar-refractivity contribution in [3.05, 3.63) is 0 Å². The summed E-state index contributed by atoms with van der Waals surface area (Å²) in [5.74, 6) is 0. The topological polar surface area (TPSA) is 18.5 Å². The lowest BCUT2D eigenvalue weighted by Gasteiger charge is -2.23. The van der Waals surface area contributed by atoms with Crippen LogP contribution in [0.5, 0.6) is 0 Å². The number of hydrogen-bond acceptors (Lipinski definition) is 3. The molecular formula is C17H35N3. The van der Waals surface area contributed by atoms with Gasteiger partial charge >= 0.3 is 0 Å². The van der Waals surface area contributed by atoms with E-state index < -0.39 is 0 Å². The lowest BCUT2D eigenvalue weighted by molar-refractivity contribution is 0.230. The number of nitrogens with zero attached hydrogens (tertiary/aromatic N) is 2. The van der Waals surface area contributed by atoms with E-state index in [1.807, 2.05) is 0 Å². The minimum atomic E-state index is 0.276. The van der Waals surface area contributed by atoms with Gasteiger partial charge in [0.25, 0.3) is 0 Å². The van der Waals surface area contributed by atoms with E-state index >= 15 is 0 Å². The summed E-state index contributed by atoms with van der Waals surface area (Å²) in [6.45, 7) is 14.6. The number of unbranched alkanes of at least 4 members (excludes halogenated alkanes) is 2. The zero-order valence-electron chi connectivity index (χ0n) is 14.0. The number of likely N-dealkylation sites (tertiary alicyclic amines) is 2. The maximum absolute atomic E-state index is 3.57. The van der Waals surface area contributed by atoms with E-state index in [1.54, 1.807) is 0 Å². The van der Waals surface area contributed by atoms with Gasteiger partial charge in [0, 0.05) is 18.1 Å². The van der Waals surface area contributed by atoms with Crippen molar-refractivity contribution < 1.29 is 0 Å². The molecule has 0 radical (unpaired) electrons. The molecule has 0 saturated carbocycles. The summed E-state index contributed by atoms with van der Waals surface area (Å²) in [7, 11) is 0. The molecule has 2 rings (SSSR count). The van der Waals surface area contributed by atoms with Crippen molar-refractivity contribution in [3.8, 4) is 0 Å². The first-order valence-electron chi connectivity index (χ1n) is 8.76. The second-order valence-electron chi connectivity index (χ2n) is 7.72. The zero-order chi connectivity index (χ0) is 14.4. The first-order chi connectivity index (χ1) is 9.54. The molecule has 2 aliphatic rings. The number of nitrogens with one attached hydrogen (secondary N) is 1. The quantitative estimate of drug-likeness (QED) is 0.724. The molecule has 1 unspecified atom stereocenters. The Kier molecular flexibility index (Phi) is 6.31. The molecule has 0 amide bonds. The van der Waals surface area contributed by atoms with Crippen LogP contribution in [0.2, 0.25) is 0 Å². The summed E-state index contributed by atoms with van der Waals surface area (Å²) in [5, 5.41) is 3.57. The number of hydrogen-bond donors (Lipinski definition) is 1. The monoisotopic (exact) mass is 281 g/mol. The van der Waals surface area contributed by atoms with Gasteiger partial charge in [0.2, 0.25) is 0 Å². The Labute approximate surface area is 126 Å². The molecule has 0 aromatic heterocycles. The maximum atomic E-state index is 3.57. The Bertz CT molecular complexity index is 266. The Morgan fingerprint density at radius 2 is 1.75 bits per heavy atom. The molecule has 2 saturated heterocycles. The Morgan fingerprint density at radius 1 is 1.00 bits per heavy atom. The van der Waals surface area contributed by atoms with Crippen molar-refractivity contribution >= 4 is 0 Å². The molecule has 3 heteroatoms. The zero-order valence-corrected chi connectivity index (χ0v) is 14.0. The molecule has 1 N–H and O–H groups in total. The van der Waals surface area contributed by atoms with Gasteiger partial charge in [0.05, 0.1) is 0 Å². The van der Waals surface area contributed by atoms with Crippen LogP contribution in [0.15, 0.2) is 0 Å². The van der Waals surface area contributed by atoms with E-state index in [9.17, 15) is 0 Å². The molecule has 2 heterocycles. The molecule has 0 aromatic rings. The van der Waals surface area contributed by atoms with E-state index in [2.05, 4.69) is 35.9 Å². The highest BCUT2D eigenvalue weighted by Crippen LogP contribution is 2.20. The van der Waals surface area contributed by atoms with E-state index in [0.717, 1.165) is 6.04 Å². The summed E-state index contributed by atoms with van der Waals surface area (Å²) in [4.78, 5) is 5.42. The van der Waals surface area contributed by atoms with Crippen molar-refractivity contribution in [1.29, 1.82) is 0 Å². The fraction of sp³-hybridized carbons (Fsp3) is 1.00. The average Bonchev–Trinajstić information content (AvgIpc) is 3.02. The third-order valence-electron chi connectivity index (χ3n) is 4.71. The van der Waals surface area contributed by atoms with Gasteiger partial charge in [-0.05, 0) is 85.6 Å². The SMILES string of the molecule is CC(C)(C)NCCCCCN1CCC(N2CCCC2)C1. The van der Waals surface area contributed by atoms with Gasteiger partial charge in [-0.15, -0.1) is 0 Å². The highest BCUT2D eigenvalue weighted by molar-refractivity contribution is 4.85. The van der Waals surface area contributed by atoms with Gasteiger partial charge < -0.3 is 10.2 Å². The molecular weight excluding hydrogens is 246 g/mol. The van der Waals surface area contributed by atoms with Crippen LogP contribution in [0.1, 0.15) is 59.3 Å². The van der Waals surface area contributed by atoms with E-state index in [-0.39, 0.29) is 5.54 Å². The lowest BCUT2D eigenvalue weighted by Crippen LogP contribution is -2.36. The predicted molar refractivity (Wildman–Crippen MR) is 87.3 cm³/mol. The summed E-state index contributed by atoms with van der Waals surface area (Å²) < 4.78 is 0. The van der Waals surface area contributed by atoms with Crippen LogP contribution in [0.3, 0.4) is 0 Å². The van der Waals surface area contributed by atoms with Crippen molar-refractivity contribution in [2.75, 3.05) is 39.3 Å². The Morgan fingerprint density at radius 3 is 2.45 bits per heavy atom. The Hall–Kier alpha value is -0.120. The predicted octanol–water partition coefficient (Wildman–Crippen LogP) is 2.71. The molecule has 2 aliphatic heterocycles. The normalized spacial score (nSPS) is 25.6. The van der Waals surface area contributed by atoms with Crippen molar-refractivity contribution in [1.82, 2.24) is 15.1 Å². The second-order valence-corrected chi connectivity index (χ2v) is 7.72. The smallest absolute Gasteiger partial charge is 0.0235 e. The minimum absolute atomic E-state index is 0.276. The van der Waals surface area contributed by atoms with E-state index in [1.165, 1.54) is 77.8 Å². The molecule has 1 atom stereocenters. The van der Waals surface area contributed by atoms with Crippen molar-refractivity contribution in [3.63, 3.8) is 0 Å². The third-order valence-corrected chi connectivity index (χ3v) is 4.71. The first kappa shape index (κ1) is 16.3. The third kappa shape index (κ3) is 5.71. The van der Waals surface area contributed by atoms with Gasteiger partial charge in [-0.3, -0.25) is 4.90 Å². The van der Waals surface area contributed by atoms with Crippen LogP contribution in [-0.2, 0) is 0 Å². The molecule has 0 aliphatic carbocycles. The highest BCUT2D eigenvalue weighted by Gasteiger charge is 2.28. The molecule has 118 valence electrons. The average molecular weight is 281 g/mol. The van der Waals surface area contributed by atoms with Crippen LogP contribution >= 0.6 is 0 Å². The second kappa shape index (κ2) is 7.77. The fourth-order valence-electron chi connectivity index (χ4n) is 3.52. The summed E-state index contributed by atoms with van der Waals surface area (Å²) >= 11 is 0. The van der Waals surface area contributed by atoms with Crippen LogP contribution in [0.25, 0.3) is 0 Å². The van der Waals surface area contributed by atoms with Crippen molar-refractivity contribution in [2.45, 2.75) is 70.9 Å². The number of rotatable bonds is 7. The van der Waals surface area contributed by atoms with Crippen LogP contribution < -0.4 is 5.32 Å². The van der Waals surface area contributed by atoms with Gasteiger partial charge in [0.1, 0.15) is 0 Å². The fourth-order valence-corrected chi connectivity index (χ4v) is 3.52. The molecule has 2 fully saturated rings. The van der Waals surface area contributed by atoms with Gasteiger partial charge in [-0.1, -0.05) is 6.42 Å². The standard InChI is InChI=1S/C17H35N3/c1-17(2,3)18-10-5-4-6-11-19-14-9-16(15-19)20-12-7-8-13-20/h16,18H,4-15H2,1-3H3. The molecule has 0 aromatic carbocycles. The summed E-state index contributed by atoms with van der Waals surface area (Å²) in [6.07, 6.45) is 8.33. The first-order valence-corrected chi connectivity index (χ1v) is 8.76. The van der Waals surface area contributed by atoms with Gasteiger partial charge in [-0.2, -0.15) is 0 Å². The highest BCUT2D eigenvalue weighted by atomic mass is 15.3. The minimum Gasteiger partial charge on any atom is -0.312 e. The van der Waals surface area contributed by atoms with E-state index in [0.29, 0.717) is 0 Å². The lowest BCUT2D eigenvalue weighted by atomic mass is 10.1. The van der Waals surface area contributed by atoms with Crippen LogP contribution in [0.4, 0.5) is 0 Å². The maximum Gasteiger partial charge on any atom is 0.0235 e. The summed E-state index contributed by atoms with van der Waals surface area (Å²) in [5.41, 5.74) is 0.276. The summed E-state index contributed by atoms with van der Waals surface area (Å²) in [6, 6.07) is 0.875. The van der Waals surface area contributed by atoms with E-state index in [4.69, 9.17) is 0 Å². The van der Waals surface area contributed by atoms with Crippen molar-refractivity contribution in [2.24, 2.45) is 0 Å². The van der Waals surface area contributed by atoms with Gasteiger partial charge in [0.15, 0.2) is 0 Å². The Balaban J connectivity index is 1.48. The van der Waals surface area contributed by atoms with Crippen LogP contribution in [-0.4, -0.2) is 60.6 Å².